The SMILES string of the molecule is NNC(=O)c1ccccc1CSc1ccccc1Cl. The van der Waals surface area contributed by atoms with Gasteiger partial charge in [-0.05, 0) is 23.8 Å². The van der Waals surface area contributed by atoms with Gasteiger partial charge in [-0.1, -0.05) is 41.9 Å². The number of benzene rings is 2. The average molecular weight is 293 g/mol. The van der Waals surface area contributed by atoms with Gasteiger partial charge < -0.3 is 0 Å². The first-order valence-electron chi connectivity index (χ1n) is 5.68. The summed E-state index contributed by atoms with van der Waals surface area (Å²) in [5.74, 6) is 5.55. The third-order valence-electron chi connectivity index (χ3n) is 2.61. The molecule has 2 aromatic rings. The molecule has 98 valence electrons. The van der Waals surface area contributed by atoms with E-state index in [9.17, 15) is 4.79 Å². The number of nitrogens with one attached hydrogen (secondary N) is 1. The highest BCUT2D eigenvalue weighted by Crippen LogP contribution is 2.30. The van der Waals surface area contributed by atoms with Crippen molar-refractivity contribution in [2.45, 2.75) is 10.6 Å². The number of nitrogens with two attached hydrogens (primary N) is 1. The van der Waals surface area contributed by atoms with E-state index < -0.39 is 0 Å². The number of halogens is 1. The molecule has 19 heavy (non-hydrogen) atoms. The number of nitrogen functional groups attached to an aromatic ring is 1. The zero-order valence-electron chi connectivity index (χ0n) is 10.1. The molecule has 0 aromatic heterocycles. The molecule has 2 rings (SSSR count). The number of hydrogen-bond acceptors (Lipinski definition) is 3. The molecule has 0 fully saturated rings. The number of carbonyl (C=O) groups is 1. The lowest BCUT2D eigenvalue weighted by Crippen LogP contribution is -2.30. The van der Waals surface area contributed by atoms with Crippen LogP contribution >= 0.6 is 23.4 Å². The topological polar surface area (TPSA) is 55.1 Å². The first-order valence-corrected chi connectivity index (χ1v) is 7.05. The molecule has 0 atom stereocenters. The first-order chi connectivity index (χ1) is 9.22. The van der Waals surface area contributed by atoms with Crippen LogP contribution < -0.4 is 11.3 Å². The van der Waals surface area contributed by atoms with Gasteiger partial charge in [-0.2, -0.15) is 0 Å². The molecule has 5 heteroatoms. The molecule has 1 amide bonds. The van der Waals surface area contributed by atoms with E-state index in [0.29, 0.717) is 16.3 Å². The number of hydrazine groups is 1. The number of rotatable bonds is 4. The summed E-state index contributed by atoms with van der Waals surface area (Å²) in [7, 11) is 0. The van der Waals surface area contributed by atoms with E-state index >= 15 is 0 Å². The molecule has 0 heterocycles. The highest BCUT2D eigenvalue weighted by atomic mass is 35.5. The number of amides is 1. The number of carbonyl (C=O) groups excluding carboxylic acids is 1. The molecule has 0 aliphatic rings. The molecule has 3 N–H and O–H groups in total. The molecule has 0 radical (unpaired) electrons. The van der Waals surface area contributed by atoms with Crippen LogP contribution in [0, 0.1) is 0 Å². The van der Waals surface area contributed by atoms with Crippen LogP contribution in [-0.2, 0) is 5.75 Å². The van der Waals surface area contributed by atoms with Crippen molar-refractivity contribution in [3.8, 4) is 0 Å². The second-order valence-corrected chi connectivity index (χ2v) is 5.27. The molecule has 0 saturated heterocycles. The van der Waals surface area contributed by atoms with Gasteiger partial charge in [0.05, 0.1) is 5.02 Å². The van der Waals surface area contributed by atoms with Gasteiger partial charge in [-0.3, -0.25) is 10.2 Å². The minimum atomic E-state index is -0.282. The molecular formula is C14H13ClN2OS. The summed E-state index contributed by atoms with van der Waals surface area (Å²) in [5, 5.41) is 0.716. The predicted octanol–water partition coefficient (Wildman–Crippen LogP) is 3.24. The van der Waals surface area contributed by atoms with Crippen LogP contribution in [-0.4, -0.2) is 5.91 Å². The van der Waals surface area contributed by atoms with E-state index in [4.69, 9.17) is 17.4 Å². The van der Waals surface area contributed by atoms with E-state index in [1.54, 1.807) is 17.8 Å². The fraction of sp³-hybridized carbons (Fsp3) is 0.0714. The van der Waals surface area contributed by atoms with E-state index in [0.717, 1.165) is 10.5 Å². The Hall–Kier alpha value is -1.49. The molecule has 0 unspecified atom stereocenters. The Bertz CT molecular complexity index is 589. The summed E-state index contributed by atoms with van der Waals surface area (Å²) in [6.45, 7) is 0. The Labute approximate surface area is 121 Å². The van der Waals surface area contributed by atoms with E-state index in [-0.39, 0.29) is 5.91 Å². The Morgan fingerprint density at radius 1 is 1.16 bits per heavy atom. The lowest BCUT2D eigenvalue weighted by Gasteiger charge is -2.08. The van der Waals surface area contributed by atoms with Crippen molar-refractivity contribution < 1.29 is 4.79 Å². The van der Waals surface area contributed by atoms with Crippen LogP contribution in [0.25, 0.3) is 0 Å². The summed E-state index contributed by atoms with van der Waals surface area (Å²) >= 11 is 7.69. The minimum Gasteiger partial charge on any atom is -0.290 e. The van der Waals surface area contributed by atoms with Gasteiger partial charge in [-0.15, -0.1) is 11.8 Å². The lowest BCUT2D eigenvalue weighted by atomic mass is 10.1. The normalized spacial score (nSPS) is 10.2. The third kappa shape index (κ3) is 3.50. The van der Waals surface area contributed by atoms with Crippen molar-refractivity contribution in [3.63, 3.8) is 0 Å². The summed E-state index contributed by atoms with van der Waals surface area (Å²) in [6.07, 6.45) is 0. The molecule has 0 aliphatic carbocycles. The second kappa shape index (κ2) is 6.61. The van der Waals surface area contributed by atoms with E-state index in [1.807, 2.05) is 42.5 Å². The van der Waals surface area contributed by atoms with Gasteiger partial charge in [-0.25, -0.2) is 5.84 Å². The van der Waals surface area contributed by atoms with Crippen LogP contribution in [0.4, 0.5) is 0 Å². The van der Waals surface area contributed by atoms with Crippen molar-refractivity contribution in [2.24, 2.45) is 5.84 Å². The quantitative estimate of drug-likeness (QED) is 0.394. The van der Waals surface area contributed by atoms with Gasteiger partial charge in [0.2, 0.25) is 0 Å². The molecule has 0 saturated carbocycles. The van der Waals surface area contributed by atoms with E-state index in [2.05, 4.69) is 5.43 Å². The Morgan fingerprint density at radius 2 is 1.84 bits per heavy atom. The highest BCUT2D eigenvalue weighted by Gasteiger charge is 2.10. The van der Waals surface area contributed by atoms with Gasteiger partial charge in [0.15, 0.2) is 0 Å². The van der Waals surface area contributed by atoms with Gasteiger partial charge >= 0.3 is 0 Å². The molecule has 0 spiro atoms. The zero-order valence-corrected chi connectivity index (χ0v) is 11.7. The van der Waals surface area contributed by atoms with Crippen molar-refractivity contribution in [1.82, 2.24) is 5.43 Å². The summed E-state index contributed by atoms with van der Waals surface area (Å²) in [6, 6.07) is 15.0. The largest absolute Gasteiger partial charge is 0.290 e. The lowest BCUT2D eigenvalue weighted by molar-refractivity contribution is 0.0953. The smallest absolute Gasteiger partial charge is 0.265 e. The van der Waals surface area contributed by atoms with Crippen molar-refractivity contribution in [3.05, 3.63) is 64.7 Å². The summed E-state index contributed by atoms with van der Waals surface area (Å²) < 4.78 is 0. The Balaban J connectivity index is 2.16. The minimum absolute atomic E-state index is 0.282. The van der Waals surface area contributed by atoms with Crippen molar-refractivity contribution >= 4 is 29.3 Å². The van der Waals surface area contributed by atoms with Crippen LogP contribution in [0.1, 0.15) is 15.9 Å². The van der Waals surface area contributed by atoms with Gasteiger partial charge in [0.25, 0.3) is 5.91 Å². The first kappa shape index (κ1) is 13.9. The molecule has 0 aliphatic heterocycles. The van der Waals surface area contributed by atoms with Crippen LogP contribution in [0.2, 0.25) is 5.02 Å². The van der Waals surface area contributed by atoms with Gasteiger partial charge in [0.1, 0.15) is 0 Å². The highest BCUT2D eigenvalue weighted by molar-refractivity contribution is 7.98. The second-order valence-electron chi connectivity index (χ2n) is 3.85. The van der Waals surface area contributed by atoms with Crippen LogP contribution in [0.15, 0.2) is 53.4 Å². The standard InChI is InChI=1S/C14H13ClN2OS/c15-12-7-3-4-8-13(12)19-9-10-5-1-2-6-11(10)14(18)17-16/h1-8H,9,16H2,(H,17,18). The Morgan fingerprint density at radius 3 is 2.58 bits per heavy atom. The summed E-state index contributed by atoms with van der Waals surface area (Å²) in [4.78, 5) is 12.6. The molecular weight excluding hydrogens is 280 g/mol. The molecule has 3 nitrogen and oxygen atoms in total. The maximum Gasteiger partial charge on any atom is 0.265 e. The Kier molecular flexibility index (Phi) is 4.85. The zero-order chi connectivity index (χ0) is 13.7. The van der Waals surface area contributed by atoms with Crippen molar-refractivity contribution in [2.75, 3.05) is 0 Å². The number of hydrogen-bond donors (Lipinski definition) is 2. The maximum atomic E-state index is 11.6. The monoisotopic (exact) mass is 292 g/mol. The van der Waals surface area contributed by atoms with Gasteiger partial charge in [0, 0.05) is 16.2 Å². The predicted molar refractivity (Wildman–Crippen MR) is 79.1 cm³/mol. The summed E-state index contributed by atoms with van der Waals surface area (Å²) in [5.41, 5.74) is 3.67. The number of thioether (sulfide) groups is 1. The van der Waals surface area contributed by atoms with Crippen molar-refractivity contribution in [1.29, 1.82) is 0 Å². The maximum absolute atomic E-state index is 11.6. The fourth-order valence-electron chi connectivity index (χ4n) is 1.66. The third-order valence-corrected chi connectivity index (χ3v) is 4.18. The van der Waals surface area contributed by atoms with Crippen LogP contribution in [0.3, 0.4) is 0 Å². The van der Waals surface area contributed by atoms with E-state index in [1.165, 1.54) is 0 Å². The fourth-order valence-corrected chi connectivity index (χ4v) is 2.91. The molecule has 2 aromatic carbocycles. The van der Waals surface area contributed by atoms with Crippen LogP contribution in [0.5, 0.6) is 0 Å². The average Bonchev–Trinajstić information content (AvgIpc) is 2.46. The molecule has 0 bridgehead atoms.